The summed E-state index contributed by atoms with van der Waals surface area (Å²) < 4.78 is 13.6. The molecule has 16 heavy (non-hydrogen) atoms. The van der Waals surface area contributed by atoms with Gasteiger partial charge in [0.25, 0.3) is 0 Å². The van der Waals surface area contributed by atoms with Gasteiger partial charge in [-0.2, -0.15) is 0 Å². The third kappa shape index (κ3) is 3.47. The van der Waals surface area contributed by atoms with E-state index in [0.717, 1.165) is 0 Å². The van der Waals surface area contributed by atoms with E-state index < -0.39 is 0 Å². The van der Waals surface area contributed by atoms with E-state index >= 15 is 0 Å². The second-order valence-corrected chi connectivity index (χ2v) is 5.52. The molecule has 0 aliphatic rings. The van der Waals surface area contributed by atoms with Gasteiger partial charge in [-0.05, 0) is 13.0 Å². The van der Waals surface area contributed by atoms with Gasteiger partial charge in [0, 0.05) is 22.1 Å². The first-order valence-corrected chi connectivity index (χ1v) is 6.27. The third-order valence-corrected chi connectivity index (χ3v) is 3.92. The van der Waals surface area contributed by atoms with E-state index in [0.29, 0.717) is 5.56 Å². The quantitative estimate of drug-likeness (QED) is 0.834. The summed E-state index contributed by atoms with van der Waals surface area (Å²) in [5, 5.41) is 8.96. The highest BCUT2D eigenvalue weighted by Gasteiger charge is 2.22. The van der Waals surface area contributed by atoms with Crippen LogP contribution in [0.3, 0.4) is 0 Å². The number of halogens is 1. The molecule has 4 heteroatoms. The van der Waals surface area contributed by atoms with Crippen LogP contribution in [0.15, 0.2) is 24.3 Å². The zero-order valence-electron chi connectivity index (χ0n) is 9.56. The highest BCUT2D eigenvalue weighted by Crippen LogP contribution is 2.35. The van der Waals surface area contributed by atoms with E-state index in [1.165, 1.54) is 17.8 Å². The number of hydrogen-bond donors (Lipinski definition) is 2. The van der Waals surface area contributed by atoms with Gasteiger partial charge in [0.05, 0.1) is 6.61 Å². The lowest BCUT2D eigenvalue weighted by Gasteiger charge is -2.23. The zero-order chi connectivity index (χ0) is 12.1. The average molecular weight is 243 g/mol. The Balaban J connectivity index is 2.90. The monoisotopic (exact) mass is 243 g/mol. The van der Waals surface area contributed by atoms with Crippen molar-refractivity contribution in [2.75, 3.05) is 6.61 Å². The van der Waals surface area contributed by atoms with Crippen LogP contribution < -0.4 is 5.73 Å². The molecule has 0 fully saturated rings. The maximum atomic E-state index is 13.6. The van der Waals surface area contributed by atoms with Crippen LogP contribution >= 0.6 is 11.8 Å². The number of thioether (sulfide) groups is 1. The molecule has 1 aromatic carbocycles. The minimum atomic E-state index is -0.234. The van der Waals surface area contributed by atoms with Gasteiger partial charge in [-0.3, -0.25) is 0 Å². The molecule has 3 atom stereocenters. The Bertz CT molecular complexity index is 333. The smallest absolute Gasteiger partial charge is 0.127 e. The maximum Gasteiger partial charge on any atom is 0.127 e. The van der Waals surface area contributed by atoms with Crippen molar-refractivity contribution in [2.45, 2.75) is 30.4 Å². The SMILES string of the molecule is CC(CO)SC(c1ccccc1F)C(C)N. The molecule has 0 radical (unpaired) electrons. The number of benzene rings is 1. The molecule has 90 valence electrons. The van der Waals surface area contributed by atoms with Crippen LogP contribution in [-0.4, -0.2) is 23.0 Å². The van der Waals surface area contributed by atoms with Gasteiger partial charge in [0.2, 0.25) is 0 Å². The number of aliphatic hydroxyl groups is 1. The molecule has 0 heterocycles. The maximum absolute atomic E-state index is 13.6. The summed E-state index contributed by atoms with van der Waals surface area (Å²) in [6.07, 6.45) is 0. The van der Waals surface area contributed by atoms with Crippen LogP contribution in [0, 0.1) is 5.82 Å². The molecule has 0 saturated carbocycles. The van der Waals surface area contributed by atoms with E-state index in [2.05, 4.69) is 0 Å². The summed E-state index contributed by atoms with van der Waals surface area (Å²) in [6.45, 7) is 3.83. The highest BCUT2D eigenvalue weighted by atomic mass is 32.2. The summed E-state index contributed by atoms with van der Waals surface area (Å²) in [5.74, 6) is -0.234. The van der Waals surface area contributed by atoms with Crippen molar-refractivity contribution in [1.29, 1.82) is 0 Å². The minimum Gasteiger partial charge on any atom is -0.395 e. The Hall–Kier alpha value is -0.580. The van der Waals surface area contributed by atoms with Crippen LogP contribution in [-0.2, 0) is 0 Å². The fourth-order valence-electron chi connectivity index (χ4n) is 1.48. The first-order chi connectivity index (χ1) is 7.56. The first-order valence-electron chi connectivity index (χ1n) is 5.32. The Morgan fingerprint density at radius 2 is 2.00 bits per heavy atom. The van der Waals surface area contributed by atoms with Crippen LogP contribution in [0.5, 0.6) is 0 Å². The highest BCUT2D eigenvalue weighted by molar-refractivity contribution is 8.00. The van der Waals surface area contributed by atoms with Gasteiger partial charge in [-0.1, -0.05) is 25.1 Å². The topological polar surface area (TPSA) is 46.2 Å². The largest absolute Gasteiger partial charge is 0.395 e. The Labute approximate surface area is 100 Å². The van der Waals surface area contributed by atoms with E-state index in [4.69, 9.17) is 10.8 Å². The van der Waals surface area contributed by atoms with Crippen molar-refractivity contribution in [3.63, 3.8) is 0 Å². The third-order valence-electron chi connectivity index (χ3n) is 2.33. The second-order valence-electron chi connectivity index (χ2n) is 3.93. The lowest BCUT2D eigenvalue weighted by Crippen LogP contribution is -2.25. The molecule has 0 bridgehead atoms. The number of nitrogens with two attached hydrogens (primary N) is 1. The van der Waals surface area contributed by atoms with E-state index in [1.54, 1.807) is 18.2 Å². The molecule has 1 aromatic rings. The van der Waals surface area contributed by atoms with Crippen molar-refractivity contribution in [3.8, 4) is 0 Å². The molecule has 0 amide bonds. The lowest BCUT2D eigenvalue weighted by molar-refractivity contribution is 0.299. The number of hydrogen-bond acceptors (Lipinski definition) is 3. The fourth-order valence-corrected chi connectivity index (χ4v) is 2.65. The molecule has 0 aromatic heterocycles. The van der Waals surface area contributed by atoms with Crippen LogP contribution in [0.4, 0.5) is 4.39 Å². The summed E-state index contributed by atoms with van der Waals surface area (Å²) in [7, 11) is 0. The zero-order valence-corrected chi connectivity index (χ0v) is 10.4. The molecule has 3 N–H and O–H groups in total. The van der Waals surface area contributed by atoms with Crippen molar-refractivity contribution in [1.82, 2.24) is 0 Å². The fraction of sp³-hybridized carbons (Fsp3) is 0.500. The molecular formula is C12H18FNOS. The molecule has 1 rings (SSSR count). The molecule has 0 aliphatic heterocycles. The second kappa shape index (κ2) is 6.23. The van der Waals surface area contributed by atoms with Gasteiger partial charge in [-0.15, -0.1) is 11.8 Å². The summed E-state index contributed by atoms with van der Waals surface area (Å²) >= 11 is 1.51. The predicted octanol–water partition coefficient (Wildman–Crippen LogP) is 2.33. The van der Waals surface area contributed by atoms with Crippen molar-refractivity contribution in [3.05, 3.63) is 35.6 Å². The summed E-state index contributed by atoms with van der Waals surface area (Å²) in [4.78, 5) is 0. The molecule has 0 saturated heterocycles. The van der Waals surface area contributed by atoms with Crippen LogP contribution in [0.25, 0.3) is 0 Å². The van der Waals surface area contributed by atoms with Gasteiger partial charge >= 0.3 is 0 Å². The normalized spacial score (nSPS) is 16.8. The first kappa shape index (κ1) is 13.5. The Morgan fingerprint density at radius 1 is 1.38 bits per heavy atom. The Kier molecular flexibility index (Phi) is 5.25. The van der Waals surface area contributed by atoms with Crippen molar-refractivity contribution >= 4 is 11.8 Å². The Morgan fingerprint density at radius 3 is 2.50 bits per heavy atom. The van der Waals surface area contributed by atoms with Crippen molar-refractivity contribution in [2.24, 2.45) is 5.73 Å². The molecule has 2 nitrogen and oxygen atoms in total. The molecule has 0 spiro atoms. The average Bonchev–Trinajstić information content (AvgIpc) is 2.26. The molecule has 3 unspecified atom stereocenters. The summed E-state index contributed by atoms with van der Waals surface area (Å²) in [6, 6.07) is 6.50. The standard InChI is InChI=1S/C12H18FNOS/c1-8(7-15)16-12(9(2)14)10-5-3-4-6-11(10)13/h3-6,8-9,12,15H,7,14H2,1-2H3. The van der Waals surface area contributed by atoms with E-state index in [-0.39, 0.29) is 29.0 Å². The van der Waals surface area contributed by atoms with Crippen molar-refractivity contribution < 1.29 is 9.50 Å². The predicted molar refractivity (Wildman–Crippen MR) is 66.9 cm³/mol. The lowest BCUT2D eigenvalue weighted by atomic mass is 10.1. The van der Waals surface area contributed by atoms with Gasteiger partial charge in [0.15, 0.2) is 0 Å². The molecule has 0 aliphatic carbocycles. The van der Waals surface area contributed by atoms with E-state index in [1.807, 2.05) is 13.8 Å². The van der Waals surface area contributed by atoms with Gasteiger partial charge < -0.3 is 10.8 Å². The van der Waals surface area contributed by atoms with Crippen LogP contribution in [0.1, 0.15) is 24.7 Å². The number of aliphatic hydroxyl groups excluding tert-OH is 1. The van der Waals surface area contributed by atoms with Gasteiger partial charge in [-0.25, -0.2) is 4.39 Å². The molecular weight excluding hydrogens is 225 g/mol. The minimum absolute atomic E-state index is 0.0515. The van der Waals surface area contributed by atoms with E-state index in [9.17, 15) is 4.39 Å². The summed E-state index contributed by atoms with van der Waals surface area (Å²) in [5.41, 5.74) is 6.49. The number of rotatable bonds is 5. The van der Waals surface area contributed by atoms with Gasteiger partial charge in [0.1, 0.15) is 5.82 Å². The van der Waals surface area contributed by atoms with Crippen LogP contribution in [0.2, 0.25) is 0 Å².